The molecule has 0 spiro atoms. The van der Waals surface area contributed by atoms with Gasteiger partial charge in [-0.3, -0.25) is 0 Å². The monoisotopic (exact) mass is 492 g/mol. The van der Waals surface area contributed by atoms with Crippen LogP contribution >= 0.6 is 15.9 Å². The standard InChI is InChI=1S/C28H33BrN2O/c1-18-8-12-21(13-9-18)30-26(31-22-14-10-20(29)11-15-22)19-16-23(27(2,3)4)25(32)24(17-19)28(5,6)7/h8-17,32H,1-7H3,(H,30,31). The van der Waals surface area contributed by atoms with E-state index in [9.17, 15) is 5.11 Å². The van der Waals surface area contributed by atoms with Gasteiger partial charge in [-0.25, -0.2) is 4.99 Å². The molecule has 4 heteroatoms. The Kier molecular flexibility index (Phi) is 6.85. The topological polar surface area (TPSA) is 44.6 Å². The Bertz CT molecular complexity index is 1080. The molecule has 3 aromatic carbocycles. The summed E-state index contributed by atoms with van der Waals surface area (Å²) >= 11 is 3.50. The molecule has 0 saturated heterocycles. The highest BCUT2D eigenvalue weighted by Crippen LogP contribution is 2.40. The van der Waals surface area contributed by atoms with Crippen LogP contribution in [0.3, 0.4) is 0 Å². The highest BCUT2D eigenvalue weighted by atomic mass is 79.9. The number of aliphatic imine (C=N–C) groups is 1. The number of phenols is 1. The lowest BCUT2D eigenvalue weighted by Crippen LogP contribution is -2.21. The van der Waals surface area contributed by atoms with Gasteiger partial charge in [-0.15, -0.1) is 0 Å². The van der Waals surface area contributed by atoms with E-state index in [2.05, 4.69) is 94.0 Å². The van der Waals surface area contributed by atoms with Crippen LogP contribution in [0.1, 0.15) is 63.8 Å². The highest BCUT2D eigenvalue weighted by Gasteiger charge is 2.27. The highest BCUT2D eigenvalue weighted by molar-refractivity contribution is 9.10. The predicted octanol–water partition coefficient (Wildman–Crippen LogP) is 8.25. The number of anilines is 1. The van der Waals surface area contributed by atoms with Crippen LogP contribution in [0.15, 0.2) is 70.1 Å². The lowest BCUT2D eigenvalue weighted by Gasteiger charge is -2.28. The second-order valence-electron chi connectivity index (χ2n) is 10.3. The first kappa shape index (κ1) is 24.1. The predicted molar refractivity (Wildman–Crippen MR) is 141 cm³/mol. The summed E-state index contributed by atoms with van der Waals surface area (Å²) in [5.74, 6) is 1.11. The third-order valence-corrected chi connectivity index (χ3v) is 5.91. The van der Waals surface area contributed by atoms with Gasteiger partial charge in [-0.2, -0.15) is 0 Å². The first-order chi connectivity index (χ1) is 14.8. The molecule has 3 nitrogen and oxygen atoms in total. The number of phenolic OH excluding ortho intramolecular Hbond substituents is 1. The maximum Gasteiger partial charge on any atom is 0.138 e. The molecule has 32 heavy (non-hydrogen) atoms. The summed E-state index contributed by atoms with van der Waals surface area (Å²) in [7, 11) is 0. The first-order valence-electron chi connectivity index (χ1n) is 10.9. The molecule has 0 aliphatic carbocycles. The van der Waals surface area contributed by atoms with Crippen molar-refractivity contribution < 1.29 is 5.11 Å². The smallest absolute Gasteiger partial charge is 0.138 e. The molecule has 3 rings (SSSR count). The zero-order valence-electron chi connectivity index (χ0n) is 20.0. The zero-order chi connectivity index (χ0) is 23.7. The number of hydrogen-bond donors (Lipinski definition) is 2. The first-order valence-corrected chi connectivity index (χ1v) is 11.7. The van der Waals surface area contributed by atoms with E-state index in [1.807, 2.05) is 36.4 Å². The van der Waals surface area contributed by atoms with E-state index in [0.717, 1.165) is 38.4 Å². The number of halogens is 1. The van der Waals surface area contributed by atoms with Crippen LogP contribution in [0.2, 0.25) is 0 Å². The van der Waals surface area contributed by atoms with Crippen molar-refractivity contribution in [1.29, 1.82) is 0 Å². The lowest BCUT2D eigenvalue weighted by molar-refractivity contribution is 0.423. The van der Waals surface area contributed by atoms with Gasteiger partial charge in [-0.05, 0) is 66.3 Å². The largest absolute Gasteiger partial charge is 0.507 e. The third-order valence-electron chi connectivity index (χ3n) is 5.38. The molecular formula is C28H33BrN2O. The van der Waals surface area contributed by atoms with E-state index in [4.69, 9.17) is 4.99 Å². The Hall–Kier alpha value is -2.59. The van der Waals surface area contributed by atoms with E-state index in [-0.39, 0.29) is 10.8 Å². The molecule has 0 saturated carbocycles. The normalized spacial score (nSPS) is 12.7. The Balaban J connectivity index is 2.23. The quantitative estimate of drug-likeness (QED) is 0.285. The maximum absolute atomic E-state index is 11.1. The SMILES string of the molecule is Cc1ccc(N=C(Nc2ccc(Br)cc2)c2cc(C(C)(C)C)c(O)c(C(C)(C)C)c2)cc1. The lowest BCUT2D eigenvalue weighted by atomic mass is 9.78. The van der Waals surface area contributed by atoms with Gasteiger partial charge in [0.2, 0.25) is 0 Å². The maximum atomic E-state index is 11.1. The summed E-state index contributed by atoms with van der Waals surface area (Å²) in [4.78, 5) is 4.98. The number of rotatable bonds is 3. The molecule has 0 aliphatic rings. The van der Waals surface area contributed by atoms with Gasteiger partial charge < -0.3 is 10.4 Å². The van der Waals surface area contributed by atoms with Gasteiger partial charge in [0.15, 0.2) is 0 Å². The average molecular weight is 493 g/mol. The number of hydrogen-bond acceptors (Lipinski definition) is 2. The summed E-state index contributed by atoms with van der Waals surface area (Å²) in [6.07, 6.45) is 0. The number of benzene rings is 3. The molecule has 0 atom stereocenters. The third kappa shape index (κ3) is 5.80. The van der Waals surface area contributed by atoms with Crippen molar-refractivity contribution in [1.82, 2.24) is 0 Å². The minimum Gasteiger partial charge on any atom is -0.507 e. The number of nitrogens with zero attached hydrogens (tertiary/aromatic N) is 1. The van der Waals surface area contributed by atoms with E-state index in [1.54, 1.807) is 0 Å². The van der Waals surface area contributed by atoms with Crippen LogP contribution in [0.5, 0.6) is 5.75 Å². The summed E-state index contributed by atoms with van der Waals surface area (Å²) < 4.78 is 1.02. The van der Waals surface area contributed by atoms with Crippen LogP contribution in [0.25, 0.3) is 0 Å². The number of amidine groups is 1. The van der Waals surface area contributed by atoms with Gasteiger partial charge in [-0.1, -0.05) is 75.2 Å². The van der Waals surface area contributed by atoms with Crippen molar-refractivity contribution in [3.8, 4) is 5.75 Å². The van der Waals surface area contributed by atoms with Crippen molar-refractivity contribution in [2.75, 3.05) is 5.32 Å². The Morgan fingerprint density at radius 3 is 1.78 bits per heavy atom. The molecule has 0 aliphatic heterocycles. The van der Waals surface area contributed by atoms with Crippen LogP contribution in [-0.4, -0.2) is 10.9 Å². The summed E-state index contributed by atoms with van der Waals surface area (Å²) in [6.45, 7) is 14.8. The molecule has 0 radical (unpaired) electrons. The van der Waals surface area contributed by atoms with Gasteiger partial charge in [0, 0.05) is 26.9 Å². The van der Waals surface area contributed by atoms with Gasteiger partial charge in [0.1, 0.15) is 11.6 Å². The van der Waals surface area contributed by atoms with E-state index >= 15 is 0 Å². The number of nitrogens with one attached hydrogen (secondary N) is 1. The number of aryl methyl sites for hydroxylation is 1. The van der Waals surface area contributed by atoms with Crippen LogP contribution < -0.4 is 5.32 Å². The molecular weight excluding hydrogens is 460 g/mol. The van der Waals surface area contributed by atoms with E-state index in [0.29, 0.717) is 5.75 Å². The Labute approximate surface area is 200 Å². The second-order valence-corrected chi connectivity index (χ2v) is 11.3. The van der Waals surface area contributed by atoms with Crippen LogP contribution in [0, 0.1) is 6.92 Å². The molecule has 0 fully saturated rings. The van der Waals surface area contributed by atoms with Gasteiger partial charge in [0.05, 0.1) is 5.69 Å². The van der Waals surface area contributed by atoms with Crippen LogP contribution in [-0.2, 0) is 10.8 Å². The van der Waals surface area contributed by atoms with Crippen molar-refractivity contribution in [3.05, 3.63) is 87.4 Å². The summed E-state index contributed by atoms with van der Waals surface area (Å²) in [6, 6.07) is 20.3. The van der Waals surface area contributed by atoms with Crippen LogP contribution in [0.4, 0.5) is 11.4 Å². The molecule has 0 unspecified atom stereocenters. The zero-order valence-corrected chi connectivity index (χ0v) is 21.6. The second kappa shape index (κ2) is 9.11. The summed E-state index contributed by atoms with van der Waals surface area (Å²) in [5.41, 5.74) is 5.35. The van der Waals surface area contributed by atoms with Crippen molar-refractivity contribution in [2.24, 2.45) is 4.99 Å². The molecule has 0 heterocycles. The molecule has 168 valence electrons. The minimum absolute atomic E-state index is 0.216. The molecule has 3 aromatic rings. The fraction of sp³-hybridized carbons (Fsp3) is 0.321. The van der Waals surface area contributed by atoms with Crippen molar-refractivity contribution in [3.63, 3.8) is 0 Å². The Morgan fingerprint density at radius 1 is 0.812 bits per heavy atom. The fourth-order valence-electron chi connectivity index (χ4n) is 3.50. The van der Waals surface area contributed by atoms with E-state index in [1.165, 1.54) is 5.56 Å². The van der Waals surface area contributed by atoms with Gasteiger partial charge in [0.25, 0.3) is 0 Å². The van der Waals surface area contributed by atoms with Gasteiger partial charge >= 0.3 is 0 Å². The van der Waals surface area contributed by atoms with E-state index < -0.39 is 0 Å². The fourth-order valence-corrected chi connectivity index (χ4v) is 3.76. The molecule has 0 bridgehead atoms. The molecule has 0 amide bonds. The minimum atomic E-state index is -0.216. The van der Waals surface area contributed by atoms with Crippen molar-refractivity contribution in [2.45, 2.75) is 59.3 Å². The van der Waals surface area contributed by atoms with Crippen molar-refractivity contribution >= 4 is 33.1 Å². The Morgan fingerprint density at radius 2 is 1.31 bits per heavy atom. The number of aromatic hydroxyl groups is 1. The summed E-state index contributed by atoms with van der Waals surface area (Å²) in [5, 5.41) is 14.7. The molecule has 2 N–H and O–H groups in total. The average Bonchev–Trinajstić information content (AvgIpc) is 2.69. The molecule has 0 aromatic heterocycles.